The maximum Gasteiger partial charge on any atom is 0.254 e. The van der Waals surface area contributed by atoms with Crippen molar-refractivity contribution in [3.05, 3.63) is 95.6 Å². The topological polar surface area (TPSA) is 56.1 Å². The summed E-state index contributed by atoms with van der Waals surface area (Å²) in [6.45, 7) is 6.52. The molecule has 3 aromatic carbocycles. The highest BCUT2D eigenvalue weighted by atomic mass is 19.1. The number of benzene rings is 3. The van der Waals surface area contributed by atoms with Gasteiger partial charge in [0.15, 0.2) is 0 Å². The first-order valence-electron chi connectivity index (χ1n) is 13.7. The van der Waals surface area contributed by atoms with Crippen LogP contribution in [0.5, 0.6) is 5.75 Å². The summed E-state index contributed by atoms with van der Waals surface area (Å²) in [5.74, 6) is 1.68. The number of fused-ring (bicyclic) bond motifs is 1. The van der Waals surface area contributed by atoms with Gasteiger partial charge in [-0.1, -0.05) is 62.7 Å². The number of nitrogens with zero attached hydrogens (tertiary/aromatic N) is 2. The third kappa shape index (κ3) is 7.21. The number of imidazole rings is 1. The predicted molar refractivity (Wildman–Crippen MR) is 151 cm³/mol. The zero-order valence-corrected chi connectivity index (χ0v) is 22.5. The highest BCUT2D eigenvalue weighted by Gasteiger charge is 2.12. The van der Waals surface area contributed by atoms with Crippen LogP contribution in [0.25, 0.3) is 11.0 Å². The lowest BCUT2D eigenvalue weighted by atomic mass is 10.0. The molecular formula is C32H38FN3O2. The van der Waals surface area contributed by atoms with Gasteiger partial charge in [-0.05, 0) is 67.5 Å². The van der Waals surface area contributed by atoms with Gasteiger partial charge in [0, 0.05) is 19.5 Å². The summed E-state index contributed by atoms with van der Waals surface area (Å²) in [5, 5.41) is 2.82. The Bertz CT molecular complexity index is 1330. The Morgan fingerprint density at radius 2 is 1.68 bits per heavy atom. The van der Waals surface area contributed by atoms with E-state index in [9.17, 15) is 9.18 Å². The van der Waals surface area contributed by atoms with Crippen LogP contribution >= 0.6 is 0 Å². The predicted octanol–water partition coefficient (Wildman–Crippen LogP) is 7.30. The van der Waals surface area contributed by atoms with Crippen LogP contribution in [0.15, 0.2) is 72.8 Å². The van der Waals surface area contributed by atoms with E-state index in [2.05, 4.69) is 60.1 Å². The number of halogens is 1. The van der Waals surface area contributed by atoms with Gasteiger partial charge in [-0.25, -0.2) is 9.37 Å². The van der Waals surface area contributed by atoms with Crippen LogP contribution in [0, 0.1) is 5.82 Å². The second kappa shape index (κ2) is 13.8. The molecule has 0 spiro atoms. The van der Waals surface area contributed by atoms with Crippen LogP contribution in [0.1, 0.15) is 73.6 Å². The minimum Gasteiger partial charge on any atom is -0.493 e. The Hall–Kier alpha value is -3.67. The van der Waals surface area contributed by atoms with E-state index in [1.165, 1.54) is 23.2 Å². The number of aryl methyl sites for hydroxylation is 2. The number of aromatic nitrogens is 2. The van der Waals surface area contributed by atoms with Crippen LogP contribution in [0.4, 0.5) is 4.39 Å². The molecule has 0 saturated heterocycles. The summed E-state index contributed by atoms with van der Waals surface area (Å²) in [7, 11) is 0. The Balaban J connectivity index is 1.23. The zero-order valence-electron chi connectivity index (χ0n) is 22.5. The Morgan fingerprint density at radius 1 is 0.921 bits per heavy atom. The quantitative estimate of drug-likeness (QED) is 0.179. The molecule has 200 valence electrons. The molecule has 0 bridgehead atoms. The van der Waals surface area contributed by atoms with E-state index in [-0.39, 0.29) is 11.5 Å². The number of rotatable bonds is 14. The molecule has 0 aliphatic carbocycles. The van der Waals surface area contributed by atoms with E-state index in [1.807, 2.05) is 12.1 Å². The first-order chi connectivity index (χ1) is 18.5. The number of carbonyl (C=O) groups excluding carboxylic acids is 1. The molecule has 6 heteroatoms. The molecule has 4 rings (SSSR count). The van der Waals surface area contributed by atoms with Crippen molar-refractivity contribution in [1.29, 1.82) is 0 Å². The van der Waals surface area contributed by atoms with Crippen molar-refractivity contribution in [3.8, 4) is 5.75 Å². The largest absolute Gasteiger partial charge is 0.493 e. The first kappa shape index (κ1) is 27.4. The van der Waals surface area contributed by atoms with Crippen molar-refractivity contribution < 1.29 is 13.9 Å². The van der Waals surface area contributed by atoms with Gasteiger partial charge in [0.2, 0.25) is 0 Å². The number of hydrogen-bond donors (Lipinski definition) is 1. The van der Waals surface area contributed by atoms with Crippen LogP contribution in [-0.2, 0) is 13.0 Å². The third-order valence-corrected chi connectivity index (χ3v) is 6.79. The fraction of sp³-hybridized carbons (Fsp3) is 0.375. The lowest BCUT2D eigenvalue weighted by Gasteiger charge is -2.14. The Kier molecular flexibility index (Phi) is 9.90. The standard InChI is InChI=1S/C32H38FN3O2/c1-24(2)25-14-6-10-19-30(25)38-23-13-12-22-36-29-18-9-8-17-28(29)35-31(36)20-4-3-11-21-34-32(37)26-15-5-7-16-27(26)33/h5-10,14-19,24H,3-4,11-13,20-23H2,1-2H3,(H,34,37). The molecule has 0 aliphatic heterocycles. The van der Waals surface area contributed by atoms with Gasteiger partial charge in [-0.15, -0.1) is 0 Å². The highest BCUT2D eigenvalue weighted by Crippen LogP contribution is 2.26. The van der Waals surface area contributed by atoms with Crippen molar-refractivity contribution in [2.45, 2.75) is 64.8 Å². The summed E-state index contributed by atoms with van der Waals surface area (Å²) >= 11 is 0. The van der Waals surface area contributed by atoms with E-state index in [0.29, 0.717) is 19.1 Å². The smallest absolute Gasteiger partial charge is 0.254 e. The number of ether oxygens (including phenoxy) is 1. The minimum atomic E-state index is -0.490. The molecule has 0 radical (unpaired) electrons. The Labute approximate surface area is 225 Å². The molecular weight excluding hydrogens is 477 g/mol. The van der Waals surface area contributed by atoms with E-state index in [1.54, 1.807) is 12.1 Å². The van der Waals surface area contributed by atoms with Gasteiger partial charge in [-0.3, -0.25) is 4.79 Å². The van der Waals surface area contributed by atoms with Crippen LogP contribution in [0.3, 0.4) is 0 Å². The molecule has 0 saturated carbocycles. The number of nitrogens with one attached hydrogen (secondary N) is 1. The van der Waals surface area contributed by atoms with Gasteiger partial charge in [0.05, 0.1) is 23.2 Å². The molecule has 0 aliphatic rings. The van der Waals surface area contributed by atoms with Crippen molar-refractivity contribution in [1.82, 2.24) is 14.9 Å². The maximum atomic E-state index is 13.8. The first-order valence-corrected chi connectivity index (χ1v) is 13.7. The number of para-hydroxylation sites is 3. The molecule has 5 nitrogen and oxygen atoms in total. The number of carbonyl (C=O) groups is 1. The maximum absolute atomic E-state index is 13.8. The molecule has 1 heterocycles. The van der Waals surface area contributed by atoms with Crippen molar-refractivity contribution in [2.75, 3.05) is 13.2 Å². The molecule has 0 atom stereocenters. The van der Waals surface area contributed by atoms with Crippen molar-refractivity contribution in [2.24, 2.45) is 0 Å². The number of amides is 1. The van der Waals surface area contributed by atoms with Crippen molar-refractivity contribution >= 4 is 16.9 Å². The highest BCUT2D eigenvalue weighted by molar-refractivity contribution is 5.94. The Morgan fingerprint density at radius 3 is 2.53 bits per heavy atom. The van der Waals surface area contributed by atoms with E-state index in [4.69, 9.17) is 9.72 Å². The normalized spacial score (nSPS) is 11.3. The van der Waals surface area contributed by atoms with Crippen LogP contribution in [0.2, 0.25) is 0 Å². The van der Waals surface area contributed by atoms with Crippen molar-refractivity contribution in [3.63, 3.8) is 0 Å². The van der Waals surface area contributed by atoms with Gasteiger partial charge in [-0.2, -0.15) is 0 Å². The second-order valence-corrected chi connectivity index (χ2v) is 9.96. The molecule has 0 fully saturated rings. The molecule has 1 aromatic heterocycles. The average molecular weight is 516 g/mol. The van der Waals surface area contributed by atoms with Gasteiger partial charge >= 0.3 is 0 Å². The van der Waals surface area contributed by atoms with E-state index >= 15 is 0 Å². The third-order valence-electron chi connectivity index (χ3n) is 6.79. The second-order valence-electron chi connectivity index (χ2n) is 9.96. The molecule has 38 heavy (non-hydrogen) atoms. The molecule has 0 unspecified atom stereocenters. The molecule has 1 amide bonds. The molecule has 1 N–H and O–H groups in total. The van der Waals surface area contributed by atoms with Gasteiger partial charge in [0.1, 0.15) is 17.4 Å². The summed E-state index contributed by atoms with van der Waals surface area (Å²) < 4.78 is 22.2. The molecule has 4 aromatic rings. The fourth-order valence-electron chi connectivity index (χ4n) is 4.74. The number of unbranched alkanes of at least 4 members (excludes halogenated alkanes) is 3. The van der Waals surface area contributed by atoms with E-state index < -0.39 is 5.82 Å². The lowest BCUT2D eigenvalue weighted by molar-refractivity contribution is 0.0949. The average Bonchev–Trinajstić information content (AvgIpc) is 3.28. The van der Waals surface area contributed by atoms with Crippen LogP contribution in [-0.4, -0.2) is 28.6 Å². The van der Waals surface area contributed by atoms with Gasteiger partial charge < -0.3 is 14.6 Å². The monoisotopic (exact) mass is 515 g/mol. The SMILES string of the molecule is CC(C)c1ccccc1OCCCCn1c(CCCCCNC(=O)c2ccccc2F)nc2ccccc21. The summed E-state index contributed by atoms with van der Waals surface area (Å²) in [6, 6.07) is 22.7. The summed E-state index contributed by atoms with van der Waals surface area (Å²) in [4.78, 5) is 17.1. The summed E-state index contributed by atoms with van der Waals surface area (Å²) in [5.41, 5.74) is 3.55. The lowest BCUT2D eigenvalue weighted by Crippen LogP contribution is -2.25. The fourth-order valence-corrected chi connectivity index (χ4v) is 4.74. The van der Waals surface area contributed by atoms with E-state index in [0.717, 1.165) is 62.2 Å². The number of hydrogen-bond acceptors (Lipinski definition) is 3. The summed E-state index contributed by atoms with van der Waals surface area (Å²) in [6.07, 6.45) is 5.65. The minimum absolute atomic E-state index is 0.0933. The van der Waals surface area contributed by atoms with Crippen LogP contribution < -0.4 is 10.1 Å². The zero-order chi connectivity index (χ0) is 26.7. The van der Waals surface area contributed by atoms with Gasteiger partial charge in [0.25, 0.3) is 5.91 Å².